The molecule has 5 nitrogen and oxygen atoms in total. The molecule has 0 aliphatic heterocycles. The molecule has 0 amide bonds. The van der Waals surface area contributed by atoms with Crippen molar-refractivity contribution in [1.29, 1.82) is 0 Å². The topological polar surface area (TPSA) is 68.5 Å². The van der Waals surface area contributed by atoms with E-state index in [4.69, 9.17) is 9.84 Å². The molecule has 21 heavy (non-hydrogen) atoms. The average Bonchev–Trinajstić information content (AvgIpc) is 2.82. The molecule has 1 heterocycles. The molecule has 2 rings (SSSR count). The van der Waals surface area contributed by atoms with Gasteiger partial charge in [0.25, 0.3) is 0 Å². The van der Waals surface area contributed by atoms with Crippen molar-refractivity contribution in [2.24, 2.45) is 0 Å². The maximum atomic E-state index is 11.9. The molecule has 0 atom stereocenters. The maximum Gasteiger partial charge on any atom is 0.339 e. The van der Waals surface area contributed by atoms with Crippen LogP contribution in [0, 0.1) is 0 Å². The molecule has 0 bridgehead atoms. The third-order valence-electron chi connectivity index (χ3n) is 3.09. The molecular weight excluding hydrogens is 270 g/mol. The van der Waals surface area contributed by atoms with E-state index in [1.807, 2.05) is 30.3 Å². The van der Waals surface area contributed by atoms with Gasteiger partial charge in [-0.15, -0.1) is 0 Å². The summed E-state index contributed by atoms with van der Waals surface area (Å²) < 4.78 is 6.74. The molecule has 0 unspecified atom stereocenters. The summed E-state index contributed by atoms with van der Waals surface area (Å²) in [5.74, 6) is -1.46. The smallest absolute Gasteiger partial charge is 0.339 e. The number of carbonyl (C=O) groups is 2. The molecule has 1 aromatic heterocycles. The quantitative estimate of drug-likeness (QED) is 0.828. The minimum atomic E-state index is -0.978. The van der Waals surface area contributed by atoms with Crippen molar-refractivity contribution >= 4 is 11.9 Å². The van der Waals surface area contributed by atoms with Crippen LogP contribution in [-0.4, -0.2) is 28.2 Å². The summed E-state index contributed by atoms with van der Waals surface area (Å²) in [6.07, 6.45) is 1.51. The molecule has 1 N–H and O–H groups in total. The van der Waals surface area contributed by atoms with Gasteiger partial charge in [0.05, 0.1) is 18.6 Å². The van der Waals surface area contributed by atoms with Crippen LogP contribution in [0.3, 0.4) is 0 Å². The molecular formula is C16H17NO4. The van der Waals surface area contributed by atoms with Gasteiger partial charge in [-0.3, -0.25) is 4.79 Å². The Labute approximate surface area is 122 Å². The standard InChI is InChI=1S/C16H17NO4/c1-2-21-16(20)13-8-9-17(14(13)10-15(18)19)11-12-6-4-3-5-7-12/h3-9H,2,10-11H2,1H3,(H,18,19). The second-order valence-electron chi connectivity index (χ2n) is 4.58. The molecule has 0 fully saturated rings. The van der Waals surface area contributed by atoms with Crippen LogP contribution in [0.4, 0.5) is 0 Å². The molecule has 0 spiro atoms. The number of hydrogen-bond acceptors (Lipinski definition) is 3. The molecule has 5 heteroatoms. The Balaban J connectivity index is 2.32. The summed E-state index contributed by atoms with van der Waals surface area (Å²) >= 11 is 0. The fourth-order valence-electron chi connectivity index (χ4n) is 2.17. The lowest BCUT2D eigenvalue weighted by Gasteiger charge is -2.10. The molecule has 110 valence electrons. The summed E-state index contributed by atoms with van der Waals surface area (Å²) in [5.41, 5.74) is 1.81. The fourth-order valence-corrected chi connectivity index (χ4v) is 2.17. The van der Waals surface area contributed by atoms with E-state index in [9.17, 15) is 9.59 Å². The molecule has 0 aliphatic carbocycles. The van der Waals surface area contributed by atoms with Crippen LogP contribution in [0.1, 0.15) is 28.5 Å². The second kappa shape index (κ2) is 6.74. The summed E-state index contributed by atoms with van der Waals surface area (Å²) in [6.45, 7) is 2.49. The highest BCUT2D eigenvalue weighted by Crippen LogP contribution is 2.16. The number of carboxylic acid groups (broad SMARTS) is 1. The van der Waals surface area contributed by atoms with Crippen LogP contribution in [0.5, 0.6) is 0 Å². The van der Waals surface area contributed by atoms with E-state index >= 15 is 0 Å². The Morgan fingerprint density at radius 1 is 1.19 bits per heavy atom. The van der Waals surface area contributed by atoms with Gasteiger partial charge in [0.15, 0.2) is 0 Å². The Hall–Kier alpha value is -2.56. The Morgan fingerprint density at radius 3 is 2.52 bits per heavy atom. The number of rotatable bonds is 6. The first-order chi connectivity index (χ1) is 10.1. The van der Waals surface area contributed by atoms with Gasteiger partial charge in [-0.25, -0.2) is 4.79 Å². The van der Waals surface area contributed by atoms with E-state index in [1.165, 1.54) is 0 Å². The van der Waals surface area contributed by atoms with Gasteiger partial charge in [0, 0.05) is 18.4 Å². The van der Waals surface area contributed by atoms with Gasteiger partial charge in [-0.05, 0) is 18.6 Å². The average molecular weight is 287 g/mol. The number of ether oxygens (including phenoxy) is 1. The fraction of sp³-hybridized carbons (Fsp3) is 0.250. The van der Waals surface area contributed by atoms with Crippen molar-refractivity contribution in [1.82, 2.24) is 4.57 Å². The number of esters is 1. The lowest BCUT2D eigenvalue weighted by Crippen LogP contribution is -2.14. The molecule has 0 radical (unpaired) electrons. The minimum absolute atomic E-state index is 0.214. The summed E-state index contributed by atoms with van der Waals surface area (Å²) in [4.78, 5) is 22.9. The Kier molecular flexibility index (Phi) is 4.77. The highest BCUT2D eigenvalue weighted by atomic mass is 16.5. The summed E-state index contributed by atoms with van der Waals surface area (Å²) in [7, 11) is 0. The first kappa shape index (κ1) is 14.8. The number of hydrogen-bond donors (Lipinski definition) is 1. The van der Waals surface area contributed by atoms with Gasteiger partial charge in [0.2, 0.25) is 0 Å². The number of aromatic nitrogens is 1. The Morgan fingerprint density at radius 2 is 1.90 bits per heavy atom. The van der Waals surface area contributed by atoms with Crippen molar-refractivity contribution in [2.75, 3.05) is 6.61 Å². The monoisotopic (exact) mass is 287 g/mol. The van der Waals surface area contributed by atoms with E-state index in [1.54, 1.807) is 23.8 Å². The van der Waals surface area contributed by atoms with Crippen LogP contribution in [0.15, 0.2) is 42.6 Å². The zero-order valence-corrected chi connectivity index (χ0v) is 11.8. The SMILES string of the molecule is CCOC(=O)c1ccn(Cc2ccccc2)c1CC(=O)O. The van der Waals surface area contributed by atoms with Crippen molar-refractivity contribution < 1.29 is 19.4 Å². The first-order valence-corrected chi connectivity index (χ1v) is 6.72. The largest absolute Gasteiger partial charge is 0.481 e. The molecule has 1 aromatic carbocycles. The van der Waals surface area contributed by atoms with E-state index in [2.05, 4.69) is 0 Å². The number of aliphatic carboxylic acids is 1. The van der Waals surface area contributed by atoms with E-state index < -0.39 is 11.9 Å². The van der Waals surface area contributed by atoms with Crippen molar-refractivity contribution in [3.05, 3.63) is 59.4 Å². The third kappa shape index (κ3) is 3.72. The van der Waals surface area contributed by atoms with Crippen molar-refractivity contribution in [3.8, 4) is 0 Å². The summed E-state index contributed by atoms with van der Waals surface area (Å²) in [6, 6.07) is 11.3. The van der Waals surface area contributed by atoms with Gasteiger partial charge in [-0.1, -0.05) is 30.3 Å². The predicted molar refractivity (Wildman–Crippen MR) is 77.3 cm³/mol. The van der Waals surface area contributed by atoms with Gasteiger partial charge >= 0.3 is 11.9 Å². The number of nitrogens with zero attached hydrogens (tertiary/aromatic N) is 1. The molecule has 0 aliphatic rings. The van der Waals surface area contributed by atoms with Gasteiger partial charge < -0.3 is 14.4 Å². The second-order valence-corrected chi connectivity index (χ2v) is 4.58. The minimum Gasteiger partial charge on any atom is -0.481 e. The van der Waals surface area contributed by atoms with Crippen LogP contribution in [0.2, 0.25) is 0 Å². The van der Waals surface area contributed by atoms with E-state index in [0.717, 1.165) is 5.56 Å². The van der Waals surface area contributed by atoms with Crippen LogP contribution in [-0.2, 0) is 22.5 Å². The zero-order valence-electron chi connectivity index (χ0n) is 11.8. The molecule has 0 saturated heterocycles. The lowest BCUT2D eigenvalue weighted by molar-refractivity contribution is -0.136. The lowest BCUT2D eigenvalue weighted by atomic mass is 10.1. The van der Waals surface area contributed by atoms with Crippen molar-refractivity contribution in [3.63, 3.8) is 0 Å². The van der Waals surface area contributed by atoms with Crippen LogP contribution < -0.4 is 0 Å². The number of carboxylic acids is 1. The zero-order chi connectivity index (χ0) is 15.2. The van der Waals surface area contributed by atoms with Crippen LogP contribution in [0.25, 0.3) is 0 Å². The highest BCUT2D eigenvalue weighted by Gasteiger charge is 2.19. The third-order valence-corrected chi connectivity index (χ3v) is 3.09. The molecule has 2 aromatic rings. The van der Waals surface area contributed by atoms with Gasteiger partial charge in [-0.2, -0.15) is 0 Å². The summed E-state index contributed by atoms with van der Waals surface area (Å²) in [5, 5.41) is 9.05. The molecule has 0 saturated carbocycles. The number of benzene rings is 1. The first-order valence-electron chi connectivity index (χ1n) is 6.72. The number of carbonyl (C=O) groups excluding carboxylic acids is 1. The van der Waals surface area contributed by atoms with Gasteiger partial charge in [0.1, 0.15) is 0 Å². The maximum absolute atomic E-state index is 11.9. The van der Waals surface area contributed by atoms with E-state index in [-0.39, 0.29) is 13.0 Å². The van der Waals surface area contributed by atoms with E-state index in [0.29, 0.717) is 17.8 Å². The Bertz CT molecular complexity index is 631. The highest BCUT2D eigenvalue weighted by molar-refractivity contribution is 5.92. The van der Waals surface area contributed by atoms with Crippen LogP contribution >= 0.6 is 0 Å². The normalized spacial score (nSPS) is 10.3. The predicted octanol–water partition coefficient (Wildman–Crippen LogP) is 2.34. The van der Waals surface area contributed by atoms with Crippen molar-refractivity contribution in [2.45, 2.75) is 19.9 Å².